The van der Waals surface area contributed by atoms with Gasteiger partial charge in [-0.25, -0.2) is 0 Å². The molecule has 0 aromatic heterocycles. The van der Waals surface area contributed by atoms with Crippen LogP contribution in [0.3, 0.4) is 0 Å². The summed E-state index contributed by atoms with van der Waals surface area (Å²) in [5.74, 6) is 0.442. The predicted octanol–water partition coefficient (Wildman–Crippen LogP) is 2.53. The Morgan fingerprint density at radius 2 is 1.54 bits per heavy atom. The SMILES string of the molecule is S=C(N/N=C1/C2CN3CCN(C2)CC1(c1ccccc1)C3)Nc1ccccc1. The Labute approximate surface area is 171 Å². The van der Waals surface area contributed by atoms with Crippen LogP contribution in [0.4, 0.5) is 5.69 Å². The van der Waals surface area contributed by atoms with E-state index < -0.39 is 0 Å². The molecule has 4 fully saturated rings. The summed E-state index contributed by atoms with van der Waals surface area (Å²) >= 11 is 5.50. The van der Waals surface area contributed by atoms with E-state index in [0.717, 1.165) is 45.0 Å². The quantitative estimate of drug-likeness (QED) is 0.622. The van der Waals surface area contributed by atoms with Crippen molar-refractivity contribution in [2.75, 3.05) is 44.6 Å². The fraction of sp³-hybridized carbons (Fsp3) is 0.364. The summed E-state index contributed by atoms with van der Waals surface area (Å²) in [7, 11) is 0. The number of hydrazone groups is 1. The van der Waals surface area contributed by atoms with Crippen LogP contribution in [0.15, 0.2) is 65.8 Å². The molecule has 4 aliphatic rings. The molecule has 4 bridgehead atoms. The second-order valence-corrected chi connectivity index (χ2v) is 8.45. The Morgan fingerprint density at radius 1 is 0.929 bits per heavy atom. The number of hydrogen-bond donors (Lipinski definition) is 2. The predicted molar refractivity (Wildman–Crippen MR) is 118 cm³/mol. The molecule has 2 atom stereocenters. The molecule has 2 unspecified atom stereocenters. The standard InChI is InChI=1S/C22H25N5S/c28-21(23-19-9-5-2-6-10-19)25-24-20-17-13-26-11-12-27(14-17)16-22(20,15-26)18-7-3-1-4-8-18/h1-10,17H,11-16H2,(H2,23,25,28)/b24-20-. The van der Waals surface area contributed by atoms with E-state index >= 15 is 0 Å². The van der Waals surface area contributed by atoms with E-state index in [2.05, 4.69) is 50.9 Å². The summed E-state index contributed by atoms with van der Waals surface area (Å²) < 4.78 is 0. The zero-order chi connectivity index (χ0) is 19.0. The average molecular weight is 392 g/mol. The van der Waals surface area contributed by atoms with E-state index in [0.29, 0.717) is 11.0 Å². The number of nitrogens with zero attached hydrogens (tertiary/aromatic N) is 3. The van der Waals surface area contributed by atoms with E-state index in [9.17, 15) is 0 Å². The first kappa shape index (κ1) is 17.8. The number of anilines is 1. The molecule has 2 N–H and O–H groups in total. The highest BCUT2D eigenvalue weighted by atomic mass is 32.1. The van der Waals surface area contributed by atoms with Gasteiger partial charge < -0.3 is 15.1 Å². The van der Waals surface area contributed by atoms with Crippen LogP contribution < -0.4 is 10.7 Å². The summed E-state index contributed by atoms with van der Waals surface area (Å²) in [6.45, 7) is 6.54. The second-order valence-electron chi connectivity index (χ2n) is 8.04. The molecule has 4 heterocycles. The van der Waals surface area contributed by atoms with Crippen molar-refractivity contribution < 1.29 is 0 Å². The Balaban J connectivity index is 1.45. The largest absolute Gasteiger partial charge is 0.331 e. The molecular weight excluding hydrogens is 366 g/mol. The zero-order valence-corrected chi connectivity index (χ0v) is 16.7. The van der Waals surface area contributed by atoms with Gasteiger partial charge in [0.25, 0.3) is 0 Å². The van der Waals surface area contributed by atoms with Crippen molar-refractivity contribution in [1.82, 2.24) is 15.2 Å². The molecule has 0 amide bonds. The van der Waals surface area contributed by atoms with Crippen LogP contribution in [0.1, 0.15) is 5.56 Å². The number of fused-ring (bicyclic) bond motifs is 1. The average Bonchev–Trinajstić information content (AvgIpc) is 2.97. The molecule has 0 saturated carbocycles. The summed E-state index contributed by atoms with van der Waals surface area (Å²) in [6.07, 6.45) is 0. The van der Waals surface area contributed by atoms with Gasteiger partial charge >= 0.3 is 0 Å². The highest BCUT2D eigenvalue weighted by Crippen LogP contribution is 2.40. The monoisotopic (exact) mass is 391 g/mol. The van der Waals surface area contributed by atoms with Gasteiger partial charge in [0.15, 0.2) is 5.11 Å². The lowest BCUT2D eigenvalue weighted by Crippen LogP contribution is -2.64. The van der Waals surface area contributed by atoms with E-state index in [-0.39, 0.29) is 5.41 Å². The van der Waals surface area contributed by atoms with Crippen LogP contribution in [0.2, 0.25) is 0 Å². The lowest BCUT2D eigenvalue weighted by atomic mass is 9.66. The third-order valence-corrected chi connectivity index (χ3v) is 6.38. The lowest BCUT2D eigenvalue weighted by molar-refractivity contribution is 0.163. The maximum absolute atomic E-state index is 5.50. The fourth-order valence-electron chi connectivity index (χ4n) is 5.05. The molecular formula is C22H25N5S. The van der Waals surface area contributed by atoms with Gasteiger partial charge in [-0.05, 0) is 29.9 Å². The van der Waals surface area contributed by atoms with E-state index in [1.54, 1.807) is 0 Å². The smallest absolute Gasteiger partial charge is 0.191 e. The highest BCUT2D eigenvalue weighted by Gasteiger charge is 2.53. The number of para-hydroxylation sites is 1. The van der Waals surface area contributed by atoms with Gasteiger partial charge in [0.2, 0.25) is 0 Å². The first-order valence-corrected chi connectivity index (χ1v) is 10.3. The first-order chi connectivity index (χ1) is 13.7. The molecule has 144 valence electrons. The number of nitrogens with one attached hydrogen (secondary N) is 2. The van der Waals surface area contributed by atoms with Crippen molar-refractivity contribution in [2.24, 2.45) is 11.0 Å². The van der Waals surface area contributed by atoms with Gasteiger partial charge in [-0.3, -0.25) is 5.43 Å². The third-order valence-electron chi connectivity index (χ3n) is 6.19. The summed E-state index contributed by atoms with van der Waals surface area (Å²) in [5.41, 5.74) is 6.67. The Morgan fingerprint density at radius 3 is 2.18 bits per heavy atom. The van der Waals surface area contributed by atoms with Gasteiger partial charge in [0, 0.05) is 50.9 Å². The maximum Gasteiger partial charge on any atom is 0.191 e. The van der Waals surface area contributed by atoms with Gasteiger partial charge in [0.1, 0.15) is 0 Å². The van der Waals surface area contributed by atoms with Crippen LogP contribution in [0, 0.1) is 5.92 Å². The van der Waals surface area contributed by atoms with Gasteiger partial charge in [-0.15, -0.1) is 0 Å². The molecule has 4 saturated heterocycles. The number of rotatable bonds is 3. The number of thiocarbonyl (C=S) groups is 1. The van der Waals surface area contributed by atoms with Crippen molar-refractivity contribution in [3.63, 3.8) is 0 Å². The van der Waals surface area contributed by atoms with Crippen LogP contribution in [-0.4, -0.2) is 59.9 Å². The Kier molecular flexibility index (Phi) is 4.62. The number of benzene rings is 2. The molecule has 6 rings (SSSR count). The number of piperidine rings is 2. The lowest BCUT2D eigenvalue weighted by Gasteiger charge is -2.50. The highest BCUT2D eigenvalue weighted by molar-refractivity contribution is 7.80. The van der Waals surface area contributed by atoms with Gasteiger partial charge in [-0.2, -0.15) is 5.10 Å². The van der Waals surface area contributed by atoms with Crippen LogP contribution in [0.25, 0.3) is 0 Å². The number of hydrogen-bond acceptors (Lipinski definition) is 4. The van der Waals surface area contributed by atoms with E-state index in [1.807, 2.05) is 30.3 Å². The summed E-state index contributed by atoms with van der Waals surface area (Å²) in [6, 6.07) is 20.9. The van der Waals surface area contributed by atoms with Crippen LogP contribution in [0.5, 0.6) is 0 Å². The van der Waals surface area contributed by atoms with Crippen molar-refractivity contribution in [3.8, 4) is 0 Å². The first-order valence-electron chi connectivity index (χ1n) is 9.93. The molecule has 28 heavy (non-hydrogen) atoms. The van der Waals surface area contributed by atoms with Gasteiger partial charge in [-0.1, -0.05) is 48.5 Å². The topological polar surface area (TPSA) is 42.9 Å². The fourth-order valence-corrected chi connectivity index (χ4v) is 5.21. The van der Waals surface area contributed by atoms with Crippen LogP contribution >= 0.6 is 12.2 Å². The van der Waals surface area contributed by atoms with E-state index in [4.69, 9.17) is 17.3 Å². The normalized spacial score (nSPS) is 32.1. The van der Waals surface area contributed by atoms with Crippen molar-refractivity contribution in [2.45, 2.75) is 5.41 Å². The van der Waals surface area contributed by atoms with Crippen molar-refractivity contribution in [1.29, 1.82) is 0 Å². The van der Waals surface area contributed by atoms with E-state index in [1.165, 1.54) is 11.3 Å². The summed E-state index contributed by atoms with van der Waals surface area (Å²) in [5, 5.41) is 8.68. The molecule has 0 radical (unpaired) electrons. The minimum atomic E-state index is -0.0612. The Hall–Kier alpha value is -2.28. The molecule has 4 aliphatic heterocycles. The minimum Gasteiger partial charge on any atom is -0.331 e. The van der Waals surface area contributed by atoms with Crippen molar-refractivity contribution >= 4 is 28.7 Å². The third kappa shape index (κ3) is 3.21. The van der Waals surface area contributed by atoms with Gasteiger partial charge in [0.05, 0.1) is 11.1 Å². The summed E-state index contributed by atoms with van der Waals surface area (Å²) in [4.78, 5) is 5.23. The second kappa shape index (κ2) is 7.28. The molecule has 5 nitrogen and oxygen atoms in total. The Bertz CT molecular complexity index is 866. The van der Waals surface area contributed by atoms with Crippen LogP contribution in [-0.2, 0) is 5.41 Å². The molecule has 0 aliphatic carbocycles. The zero-order valence-electron chi connectivity index (χ0n) is 15.8. The molecule has 0 spiro atoms. The maximum atomic E-state index is 5.50. The minimum absolute atomic E-state index is 0.0612. The molecule has 6 heteroatoms. The molecule has 2 aromatic rings. The van der Waals surface area contributed by atoms with Crippen molar-refractivity contribution in [3.05, 3.63) is 66.2 Å². The molecule has 2 aromatic carbocycles.